The molecule has 1 heterocycles. The fourth-order valence-corrected chi connectivity index (χ4v) is 4.09. The molecule has 0 saturated carbocycles. The molecule has 3 aromatic carbocycles. The quantitative estimate of drug-likeness (QED) is 0.432. The van der Waals surface area contributed by atoms with E-state index < -0.39 is 36.3 Å². The van der Waals surface area contributed by atoms with Crippen molar-refractivity contribution in [3.8, 4) is 0 Å². The first-order valence-electron chi connectivity index (χ1n) is 10.9. The van der Waals surface area contributed by atoms with Crippen molar-refractivity contribution in [2.24, 2.45) is 0 Å². The molecule has 0 bridgehead atoms. The van der Waals surface area contributed by atoms with E-state index in [1.165, 1.54) is 0 Å². The molecular formula is C27H24N2O5. The highest BCUT2D eigenvalue weighted by molar-refractivity contribution is 6.22. The summed E-state index contributed by atoms with van der Waals surface area (Å²) in [5.41, 5.74) is 3.80. The van der Waals surface area contributed by atoms with Gasteiger partial charge < -0.3 is 10.1 Å². The van der Waals surface area contributed by atoms with E-state index >= 15 is 0 Å². The van der Waals surface area contributed by atoms with Gasteiger partial charge in [-0.1, -0.05) is 48.5 Å². The molecule has 172 valence electrons. The lowest BCUT2D eigenvalue weighted by Crippen LogP contribution is -2.47. The highest BCUT2D eigenvalue weighted by Crippen LogP contribution is 2.26. The van der Waals surface area contributed by atoms with Gasteiger partial charge in [0.05, 0.1) is 11.1 Å². The van der Waals surface area contributed by atoms with Crippen LogP contribution in [0.1, 0.15) is 37.4 Å². The Bertz CT molecular complexity index is 1210. The third kappa shape index (κ3) is 4.88. The van der Waals surface area contributed by atoms with Crippen molar-refractivity contribution in [1.29, 1.82) is 0 Å². The number of carbonyl (C=O) groups excluding carboxylic acids is 4. The van der Waals surface area contributed by atoms with Crippen LogP contribution < -0.4 is 5.32 Å². The van der Waals surface area contributed by atoms with Crippen molar-refractivity contribution < 1.29 is 23.9 Å². The average Bonchev–Trinajstić information content (AvgIpc) is 3.06. The highest BCUT2D eigenvalue weighted by atomic mass is 16.5. The van der Waals surface area contributed by atoms with E-state index in [-0.39, 0.29) is 17.5 Å². The average molecular weight is 456 g/mol. The van der Waals surface area contributed by atoms with E-state index in [9.17, 15) is 19.2 Å². The standard InChI is InChI=1S/C27H24N2O5/c1-17-12-18(2)14-20(13-17)28-24(30)16-34-27(33)23(15-19-8-4-3-5-9-19)29-25(31)21-10-6-7-11-22(21)26(29)32/h3-14,23H,15-16H2,1-2H3,(H,28,30)/t23-/m0/s1. The van der Waals surface area contributed by atoms with Crippen LogP contribution in [0.3, 0.4) is 0 Å². The van der Waals surface area contributed by atoms with Gasteiger partial charge in [0.1, 0.15) is 6.04 Å². The molecule has 0 aromatic heterocycles. The number of rotatable bonds is 7. The summed E-state index contributed by atoms with van der Waals surface area (Å²) in [6.07, 6.45) is 0.0732. The van der Waals surface area contributed by atoms with E-state index in [4.69, 9.17) is 4.74 Å². The van der Waals surface area contributed by atoms with Crippen LogP contribution in [0.15, 0.2) is 72.8 Å². The molecule has 0 aliphatic carbocycles. The zero-order valence-corrected chi connectivity index (χ0v) is 18.9. The molecule has 7 nitrogen and oxygen atoms in total. The molecule has 0 saturated heterocycles. The number of benzene rings is 3. The molecular weight excluding hydrogens is 432 g/mol. The molecule has 0 unspecified atom stereocenters. The van der Waals surface area contributed by atoms with Gasteiger partial charge in [-0.15, -0.1) is 0 Å². The number of hydrogen-bond acceptors (Lipinski definition) is 5. The minimum Gasteiger partial charge on any atom is -0.454 e. The van der Waals surface area contributed by atoms with Gasteiger partial charge >= 0.3 is 5.97 Å². The Morgan fingerprint density at radius 1 is 0.853 bits per heavy atom. The van der Waals surface area contributed by atoms with Crippen molar-refractivity contribution in [2.45, 2.75) is 26.3 Å². The Balaban J connectivity index is 1.51. The summed E-state index contributed by atoms with van der Waals surface area (Å²) in [5.74, 6) is -2.45. The first-order valence-corrected chi connectivity index (χ1v) is 10.9. The Labute approximate surface area is 197 Å². The molecule has 34 heavy (non-hydrogen) atoms. The van der Waals surface area contributed by atoms with Crippen LogP contribution in [0.5, 0.6) is 0 Å². The summed E-state index contributed by atoms with van der Waals surface area (Å²) in [5, 5.41) is 2.71. The summed E-state index contributed by atoms with van der Waals surface area (Å²) in [6.45, 7) is 3.29. The number of imide groups is 1. The second kappa shape index (κ2) is 9.70. The third-order valence-electron chi connectivity index (χ3n) is 5.53. The van der Waals surface area contributed by atoms with E-state index in [1.807, 2.05) is 38.1 Å². The normalized spacial score (nSPS) is 13.4. The Morgan fingerprint density at radius 2 is 1.41 bits per heavy atom. The van der Waals surface area contributed by atoms with Gasteiger partial charge in [-0.25, -0.2) is 4.79 Å². The fraction of sp³-hybridized carbons (Fsp3) is 0.185. The number of amides is 3. The van der Waals surface area contributed by atoms with Crippen molar-refractivity contribution >= 4 is 29.4 Å². The topological polar surface area (TPSA) is 92.8 Å². The number of ether oxygens (including phenoxy) is 1. The number of esters is 1. The van der Waals surface area contributed by atoms with Crippen molar-refractivity contribution in [3.63, 3.8) is 0 Å². The summed E-state index contributed by atoms with van der Waals surface area (Å²) in [4.78, 5) is 52.4. The van der Waals surface area contributed by atoms with E-state index in [1.54, 1.807) is 48.5 Å². The largest absolute Gasteiger partial charge is 0.454 e. The first-order chi connectivity index (χ1) is 16.3. The molecule has 3 amide bonds. The lowest BCUT2D eigenvalue weighted by molar-refractivity contribution is -0.151. The predicted octanol–water partition coefficient (Wildman–Crippen LogP) is 3.69. The molecule has 3 aromatic rings. The third-order valence-corrected chi connectivity index (χ3v) is 5.53. The van der Waals surface area contributed by atoms with E-state index in [0.29, 0.717) is 5.69 Å². The number of nitrogens with one attached hydrogen (secondary N) is 1. The smallest absolute Gasteiger partial charge is 0.330 e. The van der Waals surface area contributed by atoms with Gasteiger partial charge in [-0.3, -0.25) is 19.3 Å². The van der Waals surface area contributed by atoms with Crippen molar-refractivity contribution in [2.75, 3.05) is 11.9 Å². The maximum atomic E-state index is 13.1. The van der Waals surface area contributed by atoms with Crippen molar-refractivity contribution in [1.82, 2.24) is 4.90 Å². The Hall–Kier alpha value is -4.26. The van der Waals surface area contributed by atoms with Gasteiger partial charge in [0.25, 0.3) is 17.7 Å². The number of carbonyl (C=O) groups is 4. The summed E-state index contributed by atoms with van der Waals surface area (Å²) < 4.78 is 5.28. The van der Waals surface area contributed by atoms with Crippen LogP contribution in [-0.4, -0.2) is 41.2 Å². The Morgan fingerprint density at radius 3 is 2.00 bits per heavy atom. The van der Waals surface area contributed by atoms with Gasteiger partial charge in [-0.2, -0.15) is 0 Å². The van der Waals surface area contributed by atoms with Gasteiger partial charge in [-0.05, 0) is 54.8 Å². The second-order valence-electron chi connectivity index (χ2n) is 8.26. The van der Waals surface area contributed by atoms with E-state index in [2.05, 4.69) is 5.32 Å². The van der Waals surface area contributed by atoms with Crippen LogP contribution in [0.25, 0.3) is 0 Å². The number of hydrogen-bond donors (Lipinski definition) is 1. The van der Waals surface area contributed by atoms with Gasteiger partial charge in [0.15, 0.2) is 6.61 Å². The molecule has 1 aliphatic heterocycles. The summed E-state index contributed by atoms with van der Waals surface area (Å²) >= 11 is 0. The van der Waals surface area contributed by atoms with E-state index in [0.717, 1.165) is 21.6 Å². The minimum atomic E-state index is -1.20. The lowest BCUT2D eigenvalue weighted by Gasteiger charge is -2.24. The van der Waals surface area contributed by atoms with Crippen LogP contribution in [0.4, 0.5) is 5.69 Å². The molecule has 0 fully saturated rings. The maximum Gasteiger partial charge on any atom is 0.330 e. The fourth-order valence-electron chi connectivity index (χ4n) is 4.09. The maximum absolute atomic E-state index is 13.1. The zero-order valence-electron chi connectivity index (χ0n) is 18.9. The predicted molar refractivity (Wildman–Crippen MR) is 126 cm³/mol. The van der Waals surface area contributed by atoms with Gasteiger partial charge in [0, 0.05) is 12.1 Å². The molecule has 1 aliphatic rings. The number of anilines is 1. The SMILES string of the molecule is Cc1cc(C)cc(NC(=O)COC(=O)[C@H](Cc2ccccc2)N2C(=O)c3ccccc3C2=O)c1. The number of nitrogens with zero attached hydrogens (tertiary/aromatic N) is 1. The second-order valence-corrected chi connectivity index (χ2v) is 8.26. The molecule has 1 N–H and O–H groups in total. The number of fused-ring (bicyclic) bond motifs is 1. The molecule has 0 spiro atoms. The zero-order chi connectivity index (χ0) is 24.2. The molecule has 4 rings (SSSR count). The van der Waals surface area contributed by atoms with Crippen LogP contribution in [0.2, 0.25) is 0 Å². The van der Waals surface area contributed by atoms with Crippen LogP contribution >= 0.6 is 0 Å². The highest BCUT2D eigenvalue weighted by Gasteiger charge is 2.43. The summed E-state index contributed by atoms with van der Waals surface area (Å²) in [7, 11) is 0. The minimum absolute atomic E-state index is 0.0732. The monoisotopic (exact) mass is 456 g/mol. The molecule has 1 atom stereocenters. The molecule has 7 heteroatoms. The number of aryl methyl sites for hydroxylation is 2. The molecule has 0 radical (unpaired) electrons. The van der Waals surface area contributed by atoms with Gasteiger partial charge in [0.2, 0.25) is 0 Å². The summed E-state index contributed by atoms with van der Waals surface area (Å²) in [6, 6.07) is 19.9. The Kier molecular flexibility index (Phi) is 6.54. The first kappa shape index (κ1) is 22.9. The van der Waals surface area contributed by atoms with Crippen LogP contribution in [0, 0.1) is 13.8 Å². The lowest BCUT2D eigenvalue weighted by atomic mass is 10.0. The van der Waals surface area contributed by atoms with Crippen molar-refractivity contribution in [3.05, 3.63) is 101 Å². The van der Waals surface area contributed by atoms with Crippen LogP contribution in [-0.2, 0) is 20.7 Å².